The molecule has 0 aromatic heterocycles. The molecule has 0 saturated carbocycles. The summed E-state index contributed by atoms with van der Waals surface area (Å²) in [5, 5.41) is 13.0. The van der Waals surface area contributed by atoms with Crippen molar-refractivity contribution in [2.45, 2.75) is 19.8 Å². The summed E-state index contributed by atoms with van der Waals surface area (Å²) in [5.41, 5.74) is -0.605. The lowest BCUT2D eigenvalue weighted by molar-refractivity contribution is -0.387. The highest BCUT2D eigenvalue weighted by Crippen LogP contribution is 2.17. The number of carbonyl (C=O) groups excluding carboxylic acids is 1. The number of nitro benzene ring substituents is 1. The van der Waals surface area contributed by atoms with E-state index >= 15 is 0 Å². The number of nitrogens with zero attached hydrogens (tertiary/aromatic N) is 1. The predicted molar refractivity (Wildman–Crippen MR) is 71.1 cm³/mol. The number of halogens is 1. The third kappa shape index (κ3) is 4.93. The fraction of sp³-hybridized carbons (Fsp3) is 0.462. The third-order valence-corrected chi connectivity index (χ3v) is 2.58. The van der Waals surface area contributed by atoms with E-state index in [1.807, 2.05) is 6.92 Å². The standard InChI is InChI=1S/C13H17FN2O4/c1-2-3-7-20-8-6-15-13(17)10-4-5-12(16(18)19)11(14)9-10/h4-5,9H,2-3,6-8H2,1H3,(H,15,17). The molecule has 20 heavy (non-hydrogen) atoms. The summed E-state index contributed by atoms with van der Waals surface area (Å²) in [6.07, 6.45) is 2.00. The van der Waals surface area contributed by atoms with Gasteiger partial charge in [-0.15, -0.1) is 0 Å². The Morgan fingerprint density at radius 1 is 1.45 bits per heavy atom. The Morgan fingerprint density at radius 2 is 2.20 bits per heavy atom. The van der Waals surface area contributed by atoms with Gasteiger partial charge in [0, 0.05) is 24.8 Å². The molecule has 0 aliphatic carbocycles. The molecule has 0 spiro atoms. The van der Waals surface area contributed by atoms with Crippen LogP contribution in [0.15, 0.2) is 18.2 Å². The number of benzene rings is 1. The summed E-state index contributed by atoms with van der Waals surface area (Å²) in [7, 11) is 0. The van der Waals surface area contributed by atoms with Gasteiger partial charge in [0.1, 0.15) is 0 Å². The van der Waals surface area contributed by atoms with Crippen molar-refractivity contribution < 1.29 is 18.8 Å². The number of nitro groups is 1. The molecule has 0 saturated heterocycles. The minimum atomic E-state index is -1.03. The summed E-state index contributed by atoms with van der Waals surface area (Å²) in [6, 6.07) is 3.04. The van der Waals surface area contributed by atoms with E-state index in [2.05, 4.69) is 5.32 Å². The lowest BCUT2D eigenvalue weighted by Gasteiger charge is -2.06. The van der Waals surface area contributed by atoms with Gasteiger partial charge in [-0.3, -0.25) is 14.9 Å². The van der Waals surface area contributed by atoms with Gasteiger partial charge >= 0.3 is 5.69 Å². The van der Waals surface area contributed by atoms with Crippen molar-refractivity contribution in [3.05, 3.63) is 39.7 Å². The van der Waals surface area contributed by atoms with Gasteiger partial charge in [-0.1, -0.05) is 13.3 Å². The largest absolute Gasteiger partial charge is 0.380 e. The van der Waals surface area contributed by atoms with Crippen LogP contribution in [0.2, 0.25) is 0 Å². The second-order valence-corrected chi connectivity index (χ2v) is 4.15. The average molecular weight is 284 g/mol. The molecule has 0 heterocycles. The van der Waals surface area contributed by atoms with E-state index in [0.717, 1.165) is 25.0 Å². The normalized spacial score (nSPS) is 10.3. The minimum absolute atomic E-state index is 0.0432. The van der Waals surface area contributed by atoms with Gasteiger partial charge in [-0.25, -0.2) is 0 Å². The lowest BCUT2D eigenvalue weighted by atomic mass is 10.2. The minimum Gasteiger partial charge on any atom is -0.380 e. The molecule has 110 valence electrons. The highest BCUT2D eigenvalue weighted by Gasteiger charge is 2.16. The van der Waals surface area contributed by atoms with Crippen molar-refractivity contribution in [3.63, 3.8) is 0 Å². The zero-order chi connectivity index (χ0) is 15.0. The maximum atomic E-state index is 13.3. The molecule has 1 aromatic rings. The van der Waals surface area contributed by atoms with E-state index in [-0.39, 0.29) is 5.56 Å². The summed E-state index contributed by atoms with van der Waals surface area (Å²) >= 11 is 0. The van der Waals surface area contributed by atoms with Crippen LogP contribution < -0.4 is 5.32 Å². The number of ether oxygens (including phenoxy) is 1. The van der Waals surface area contributed by atoms with Crippen LogP contribution in [0, 0.1) is 15.9 Å². The van der Waals surface area contributed by atoms with Crippen LogP contribution in [0.3, 0.4) is 0 Å². The first-order valence-corrected chi connectivity index (χ1v) is 6.36. The quantitative estimate of drug-likeness (QED) is 0.451. The number of hydrogen-bond acceptors (Lipinski definition) is 4. The van der Waals surface area contributed by atoms with E-state index in [1.54, 1.807) is 0 Å². The van der Waals surface area contributed by atoms with Gasteiger partial charge in [-0.05, 0) is 18.6 Å². The smallest absolute Gasteiger partial charge is 0.304 e. The van der Waals surface area contributed by atoms with E-state index < -0.39 is 22.3 Å². The van der Waals surface area contributed by atoms with Crippen molar-refractivity contribution in [1.82, 2.24) is 5.32 Å². The molecule has 1 rings (SSSR count). The number of rotatable bonds is 8. The lowest BCUT2D eigenvalue weighted by Crippen LogP contribution is -2.27. The number of nitrogens with one attached hydrogen (secondary N) is 1. The van der Waals surface area contributed by atoms with Crippen LogP contribution >= 0.6 is 0 Å². The maximum absolute atomic E-state index is 13.3. The number of amides is 1. The Morgan fingerprint density at radius 3 is 2.80 bits per heavy atom. The Kier molecular flexibility index (Phi) is 6.58. The summed E-state index contributed by atoms with van der Waals surface area (Å²) in [6.45, 7) is 3.37. The topological polar surface area (TPSA) is 81.5 Å². The summed E-state index contributed by atoms with van der Waals surface area (Å²) in [5.74, 6) is -1.51. The van der Waals surface area contributed by atoms with Crippen molar-refractivity contribution in [1.29, 1.82) is 0 Å². The first-order valence-electron chi connectivity index (χ1n) is 6.36. The van der Waals surface area contributed by atoms with E-state index in [4.69, 9.17) is 4.74 Å². The fourth-order valence-corrected chi connectivity index (χ4v) is 1.48. The maximum Gasteiger partial charge on any atom is 0.304 e. The van der Waals surface area contributed by atoms with E-state index in [0.29, 0.717) is 19.8 Å². The molecule has 0 aliphatic heterocycles. The molecule has 7 heteroatoms. The van der Waals surface area contributed by atoms with Crippen molar-refractivity contribution in [3.8, 4) is 0 Å². The van der Waals surface area contributed by atoms with Gasteiger partial charge in [-0.2, -0.15) is 4.39 Å². The molecular formula is C13H17FN2O4. The average Bonchev–Trinajstić information content (AvgIpc) is 2.41. The van der Waals surface area contributed by atoms with Crippen LogP contribution in [0.4, 0.5) is 10.1 Å². The van der Waals surface area contributed by atoms with Crippen LogP contribution in [0.25, 0.3) is 0 Å². The number of hydrogen-bond donors (Lipinski definition) is 1. The zero-order valence-corrected chi connectivity index (χ0v) is 11.2. The second kappa shape index (κ2) is 8.21. The van der Waals surface area contributed by atoms with Crippen molar-refractivity contribution >= 4 is 11.6 Å². The molecule has 0 bridgehead atoms. The predicted octanol–water partition coefficient (Wildman–Crippen LogP) is 2.28. The summed E-state index contributed by atoms with van der Waals surface area (Å²) < 4.78 is 18.6. The SMILES string of the molecule is CCCCOCCNC(=O)c1ccc([N+](=O)[O-])c(F)c1. The molecule has 6 nitrogen and oxygen atoms in total. The Labute approximate surface area is 116 Å². The molecule has 0 fully saturated rings. The Balaban J connectivity index is 2.44. The molecule has 1 amide bonds. The van der Waals surface area contributed by atoms with Gasteiger partial charge in [0.15, 0.2) is 0 Å². The van der Waals surface area contributed by atoms with Crippen molar-refractivity contribution in [2.75, 3.05) is 19.8 Å². The summed E-state index contributed by atoms with van der Waals surface area (Å²) in [4.78, 5) is 21.3. The molecule has 0 atom stereocenters. The van der Waals surface area contributed by atoms with Crippen LogP contribution in [0.1, 0.15) is 30.1 Å². The molecule has 1 N–H and O–H groups in total. The Hall–Kier alpha value is -2.02. The molecule has 0 unspecified atom stereocenters. The van der Waals surface area contributed by atoms with Gasteiger partial charge in [0.2, 0.25) is 5.82 Å². The Bertz CT molecular complexity index is 479. The fourth-order valence-electron chi connectivity index (χ4n) is 1.48. The van der Waals surface area contributed by atoms with Crippen LogP contribution in [-0.4, -0.2) is 30.6 Å². The van der Waals surface area contributed by atoms with E-state index in [1.165, 1.54) is 6.07 Å². The van der Waals surface area contributed by atoms with Gasteiger partial charge in [0.05, 0.1) is 11.5 Å². The second-order valence-electron chi connectivity index (χ2n) is 4.15. The van der Waals surface area contributed by atoms with Gasteiger partial charge < -0.3 is 10.1 Å². The highest BCUT2D eigenvalue weighted by atomic mass is 19.1. The van der Waals surface area contributed by atoms with Crippen LogP contribution in [-0.2, 0) is 4.74 Å². The molecular weight excluding hydrogens is 267 g/mol. The monoisotopic (exact) mass is 284 g/mol. The zero-order valence-electron chi connectivity index (χ0n) is 11.2. The molecule has 0 radical (unpaired) electrons. The first-order chi connectivity index (χ1) is 9.56. The van der Waals surface area contributed by atoms with Crippen LogP contribution in [0.5, 0.6) is 0 Å². The number of carbonyl (C=O) groups is 1. The van der Waals surface area contributed by atoms with E-state index in [9.17, 15) is 19.3 Å². The van der Waals surface area contributed by atoms with Crippen molar-refractivity contribution in [2.24, 2.45) is 0 Å². The molecule has 1 aromatic carbocycles. The molecule has 0 aliphatic rings. The van der Waals surface area contributed by atoms with Gasteiger partial charge in [0.25, 0.3) is 5.91 Å². The third-order valence-electron chi connectivity index (χ3n) is 2.58. The number of unbranched alkanes of at least 4 members (excludes halogenated alkanes) is 1. The first kappa shape index (κ1) is 16.0. The highest BCUT2D eigenvalue weighted by molar-refractivity contribution is 5.94.